The van der Waals surface area contributed by atoms with Crippen molar-refractivity contribution in [2.45, 2.75) is 30.3 Å². The van der Waals surface area contributed by atoms with Crippen LogP contribution in [0.1, 0.15) is 35.2 Å². The fourth-order valence-electron chi connectivity index (χ4n) is 4.21. The van der Waals surface area contributed by atoms with Gasteiger partial charge in [-0.2, -0.15) is 4.31 Å². The van der Waals surface area contributed by atoms with Crippen molar-refractivity contribution in [3.8, 4) is 0 Å². The molecule has 0 fully saturated rings. The quantitative estimate of drug-likeness (QED) is 0.505. The van der Waals surface area contributed by atoms with Crippen molar-refractivity contribution in [3.05, 3.63) is 112 Å². The minimum atomic E-state index is -4.20. The van der Waals surface area contributed by atoms with Crippen LogP contribution in [0, 0.1) is 12.7 Å². The van der Waals surface area contributed by atoms with Gasteiger partial charge in [0.2, 0.25) is 10.0 Å². The Labute approximate surface area is 196 Å². The number of hydrogen-bond acceptors (Lipinski definition) is 3. The molecule has 0 radical (unpaired) electrons. The van der Waals surface area contributed by atoms with Crippen molar-refractivity contribution in [1.82, 2.24) is 4.31 Å². The molecule has 1 aliphatic heterocycles. The summed E-state index contributed by atoms with van der Waals surface area (Å²) in [6, 6.07) is 16.7. The van der Waals surface area contributed by atoms with E-state index in [4.69, 9.17) is 11.6 Å². The molecule has 1 N–H and O–H groups in total. The third-order valence-corrected chi connectivity index (χ3v) is 8.02. The van der Waals surface area contributed by atoms with Crippen LogP contribution in [0.3, 0.4) is 0 Å². The Kier molecular flexibility index (Phi) is 6.38. The predicted octanol–water partition coefficient (Wildman–Crippen LogP) is 5.68. The molecule has 8 heteroatoms. The average Bonchev–Trinajstić information content (AvgIpc) is 2.78. The lowest BCUT2D eigenvalue weighted by molar-refractivity contribution is -0.133. The highest BCUT2D eigenvalue weighted by Gasteiger charge is 2.45. The zero-order valence-electron chi connectivity index (χ0n) is 17.7. The smallest absolute Gasteiger partial charge is 0.333 e. The summed E-state index contributed by atoms with van der Waals surface area (Å²) in [4.78, 5) is 12.3. The number of hydrogen-bond donors (Lipinski definition) is 1. The van der Waals surface area contributed by atoms with Crippen molar-refractivity contribution in [3.63, 3.8) is 0 Å². The molecule has 1 heterocycles. The summed E-state index contributed by atoms with van der Waals surface area (Å²) in [5.41, 5.74) is 1.29. The molecule has 4 rings (SSSR count). The Balaban J connectivity index is 2.00. The van der Waals surface area contributed by atoms with Crippen LogP contribution in [0.5, 0.6) is 0 Å². The Morgan fingerprint density at radius 3 is 2.36 bits per heavy atom. The molecule has 170 valence electrons. The van der Waals surface area contributed by atoms with Crippen LogP contribution in [0.25, 0.3) is 0 Å². The predicted molar refractivity (Wildman–Crippen MR) is 124 cm³/mol. The van der Waals surface area contributed by atoms with Crippen LogP contribution < -0.4 is 0 Å². The van der Waals surface area contributed by atoms with Gasteiger partial charge in [-0.15, -0.1) is 0 Å². The number of aliphatic carboxylic acids is 1. The number of nitrogens with zero attached hydrogens (tertiary/aromatic N) is 1. The highest BCUT2D eigenvalue weighted by molar-refractivity contribution is 7.89. The van der Waals surface area contributed by atoms with E-state index in [9.17, 15) is 22.7 Å². The second-order valence-electron chi connectivity index (χ2n) is 7.83. The summed E-state index contributed by atoms with van der Waals surface area (Å²) in [5.74, 6) is -1.84. The molecular weight excluding hydrogens is 465 g/mol. The van der Waals surface area contributed by atoms with Gasteiger partial charge in [0.25, 0.3) is 0 Å². The van der Waals surface area contributed by atoms with Crippen LogP contribution in [0.2, 0.25) is 5.02 Å². The van der Waals surface area contributed by atoms with E-state index in [0.29, 0.717) is 16.1 Å². The zero-order chi connectivity index (χ0) is 23.8. The second-order valence-corrected chi connectivity index (χ2v) is 10.1. The maximum atomic E-state index is 14.2. The van der Waals surface area contributed by atoms with Crippen molar-refractivity contribution >= 4 is 27.6 Å². The highest BCUT2D eigenvalue weighted by atomic mass is 35.5. The molecule has 1 aliphatic rings. The molecule has 3 aromatic rings. The van der Waals surface area contributed by atoms with Crippen LogP contribution in [-0.2, 0) is 14.8 Å². The third-order valence-electron chi connectivity index (χ3n) is 5.73. The number of halogens is 2. The number of benzene rings is 3. The van der Waals surface area contributed by atoms with E-state index < -0.39 is 33.9 Å². The summed E-state index contributed by atoms with van der Waals surface area (Å²) in [7, 11) is -4.20. The van der Waals surface area contributed by atoms with Gasteiger partial charge >= 0.3 is 5.97 Å². The fraction of sp³-hybridized carbons (Fsp3) is 0.160. The maximum absolute atomic E-state index is 14.2. The Morgan fingerprint density at radius 2 is 1.73 bits per heavy atom. The SMILES string of the molecule is Cc1ccccc1S(=O)(=O)N1[C@@H](c2cccc(F)c2)C(C(=O)O)=CC[C@H]1c1ccc(Cl)cc1. The molecule has 0 saturated heterocycles. The molecule has 33 heavy (non-hydrogen) atoms. The Bertz CT molecular complexity index is 1340. The summed E-state index contributed by atoms with van der Waals surface area (Å²) < 4.78 is 43.5. The van der Waals surface area contributed by atoms with Crippen LogP contribution in [0.15, 0.2) is 89.3 Å². The first kappa shape index (κ1) is 23.2. The van der Waals surface area contributed by atoms with Crippen LogP contribution in [0.4, 0.5) is 4.39 Å². The third kappa shape index (κ3) is 4.44. The highest BCUT2D eigenvalue weighted by Crippen LogP contribution is 2.46. The van der Waals surface area contributed by atoms with Gasteiger partial charge in [0.1, 0.15) is 5.82 Å². The summed E-state index contributed by atoms with van der Waals surface area (Å²) in [6.45, 7) is 1.68. The van der Waals surface area contributed by atoms with Crippen LogP contribution >= 0.6 is 11.6 Å². The van der Waals surface area contributed by atoms with E-state index in [1.165, 1.54) is 40.7 Å². The molecular formula is C25H21ClFNO4S. The van der Waals surface area contributed by atoms with Gasteiger partial charge in [-0.05, 0) is 60.4 Å². The lowest BCUT2D eigenvalue weighted by Crippen LogP contribution is -2.42. The van der Waals surface area contributed by atoms with Crippen molar-refractivity contribution in [2.75, 3.05) is 0 Å². The minimum absolute atomic E-state index is 0.0667. The molecule has 2 atom stereocenters. The summed E-state index contributed by atoms with van der Waals surface area (Å²) >= 11 is 6.04. The standard InChI is InChI=1S/C25H21ClFNO4S/c1-16-5-2-3-8-23(16)33(31,32)28-22(17-9-11-19(26)12-10-17)14-13-21(25(29)30)24(28)18-6-4-7-20(27)15-18/h2-13,15,22,24H,14H2,1H3,(H,29,30)/t22-,24-/m0/s1. The minimum Gasteiger partial charge on any atom is -0.478 e. The molecule has 0 unspecified atom stereocenters. The van der Waals surface area contributed by atoms with Gasteiger partial charge in [-0.3, -0.25) is 0 Å². The molecule has 0 bridgehead atoms. The molecule has 5 nitrogen and oxygen atoms in total. The maximum Gasteiger partial charge on any atom is 0.333 e. The van der Waals surface area contributed by atoms with E-state index in [1.54, 1.807) is 49.4 Å². The normalized spacial score (nSPS) is 19.2. The lowest BCUT2D eigenvalue weighted by Gasteiger charge is -2.41. The van der Waals surface area contributed by atoms with Gasteiger partial charge in [0.05, 0.1) is 22.6 Å². The number of rotatable bonds is 5. The van der Waals surface area contributed by atoms with E-state index in [-0.39, 0.29) is 22.5 Å². The summed E-state index contributed by atoms with van der Waals surface area (Å²) in [6.07, 6.45) is 1.65. The lowest BCUT2D eigenvalue weighted by atomic mass is 9.89. The fourth-order valence-corrected chi connectivity index (χ4v) is 6.35. The number of carboxylic acids is 1. The van der Waals surface area contributed by atoms with Gasteiger partial charge < -0.3 is 5.11 Å². The van der Waals surface area contributed by atoms with Crippen molar-refractivity contribution in [1.29, 1.82) is 0 Å². The van der Waals surface area contributed by atoms with Gasteiger partial charge in [0.15, 0.2) is 0 Å². The van der Waals surface area contributed by atoms with Crippen LogP contribution in [-0.4, -0.2) is 23.8 Å². The average molecular weight is 486 g/mol. The van der Waals surface area contributed by atoms with Gasteiger partial charge in [-0.25, -0.2) is 17.6 Å². The number of aryl methyl sites for hydroxylation is 1. The molecule has 0 amide bonds. The zero-order valence-corrected chi connectivity index (χ0v) is 19.2. The van der Waals surface area contributed by atoms with E-state index in [2.05, 4.69) is 0 Å². The first-order chi connectivity index (χ1) is 15.7. The first-order valence-electron chi connectivity index (χ1n) is 10.2. The molecule has 0 aliphatic carbocycles. The van der Waals surface area contributed by atoms with Crippen molar-refractivity contribution in [2.24, 2.45) is 0 Å². The van der Waals surface area contributed by atoms with E-state index in [1.807, 2.05) is 0 Å². The van der Waals surface area contributed by atoms with Gasteiger partial charge in [0, 0.05) is 5.02 Å². The first-order valence-corrected chi connectivity index (χ1v) is 12.1. The monoisotopic (exact) mass is 485 g/mol. The van der Waals surface area contributed by atoms with E-state index >= 15 is 0 Å². The largest absolute Gasteiger partial charge is 0.478 e. The molecule has 0 aromatic heterocycles. The Hall–Kier alpha value is -3.00. The second kappa shape index (κ2) is 9.09. The topological polar surface area (TPSA) is 74.7 Å². The van der Waals surface area contributed by atoms with Crippen molar-refractivity contribution < 1.29 is 22.7 Å². The number of carbonyl (C=O) groups is 1. The Morgan fingerprint density at radius 1 is 1.03 bits per heavy atom. The van der Waals surface area contributed by atoms with E-state index in [0.717, 1.165) is 0 Å². The number of carboxylic acid groups (broad SMARTS) is 1. The number of sulfonamides is 1. The molecule has 3 aromatic carbocycles. The molecule has 0 saturated carbocycles. The van der Waals surface area contributed by atoms with Gasteiger partial charge in [-0.1, -0.05) is 60.1 Å². The molecule has 0 spiro atoms. The summed E-state index contributed by atoms with van der Waals surface area (Å²) in [5, 5.41) is 10.4.